The smallest absolute Gasteiger partial charge is 0.248 e. The summed E-state index contributed by atoms with van der Waals surface area (Å²) in [6.45, 7) is 5.25. The molecule has 1 aromatic rings. The van der Waals surface area contributed by atoms with Crippen molar-refractivity contribution in [1.82, 2.24) is 5.32 Å². The van der Waals surface area contributed by atoms with Gasteiger partial charge in [0.15, 0.2) is 0 Å². The van der Waals surface area contributed by atoms with Gasteiger partial charge in [0, 0.05) is 18.2 Å². The molecule has 0 aromatic heterocycles. The zero-order valence-electron chi connectivity index (χ0n) is 13.1. The molecule has 3 N–H and O–H groups in total. The van der Waals surface area contributed by atoms with Gasteiger partial charge in [0.2, 0.25) is 5.91 Å². The number of amides is 1. The topological polar surface area (TPSA) is 55.1 Å². The van der Waals surface area contributed by atoms with Gasteiger partial charge in [-0.2, -0.15) is 0 Å². The summed E-state index contributed by atoms with van der Waals surface area (Å²) in [7, 11) is 0. The third-order valence-electron chi connectivity index (χ3n) is 5.68. The van der Waals surface area contributed by atoms with Gasteiger partial charge in [-0.25, -0.2) is 0 Å². The average molecular weight is 286 g/mol. The Balaban J connectivity index is 1.58. The van der Waals surface area contributed by atoms with Crippen LogP contribution in [0.4, 0.5) is 0 Å². The Hall–Kier alpha value is -1.35. The molecule has 4 atom stereocenters. The van der Waals surface area contributed by atoms with Crippen molar-refractivity contribution in [2.24, 2.45) is 23.5 Å². The van der Waals surface area contributed by atoms with Crippen molar-refractivity contribution in [3.05, 3.63) is 34.9 Å². The molecule has 2 aliphatic carbocycles. The van der Waals surface area contributed by atoms with Crippen LogP contribution in [-0.4, -0.2) is 11.9 Å². The fraction of sp³-hybridized carbons (Fsp3) is 0.611. The SMILES string of the molecule is Cc1cc(C(N)=O)ccc1CNC(C)C1CC2CCC1C2. The monoisotopic (exact) mass is 286 g/mol. The van der Waals surface area contributed by atoms with Gasteiger partial charge < -0.3 is 11.1 Å². The maximum atomic E-state index is 11.2. The van der Waals surface area contributed by atoms with E-state index in [0.717, 1.165) is 29.9 Å². The van der Waals surface area contributed by atoms with Crippen molar-refractivity contribution >= 4 is 5.91 Å². The summed E-state index contributed by atoms with van der Waals surface area (Å²) < 4.78 is 0. The zero-order valence-corrected chi connectivity index (χ0v) is 13.1. The molecular weight excluding hydrogens is 260 g/mol. The number of primary amides is 1. The number of fused-ring (bicyclic) bond motifs is 2. The largest absolute Gasteiger partial charge is 0.366 e. The lowest BCUT2D eigenvalue weighted by Gasteiger charge is -2.29. The summed E-state index contributed by atoms with van der Waals surface area (Å²) in [5.74, 6) is 2.46. The van der Waals surface area contributed by atoms with Crippen LogP contribution in [0.5, 0.6) is 0 Å². The summed E-state index contributed by atoms with van der Waals surface area (Å²) in [6, 6.07) is 6.32. The first-order valence-corrected chi connectivity index (χ1v) is 8.17. The minimum atomic E-state index is -0.354. The Kier molecular flexibility index (Phi) is 4.03. The standard InChI is InChI=1S/C18H26N2O/c1-11-7-15(18(19)21)5-6-16(11)10-20-12(2)17-9-13-3-4-14(17)8-13/h5-7,12-14,17,20H,3-4,8-10H2,1-2H3,(H2,19,21). The third-order valence-corrected chi connectivity index (χ3v) is 5.68. The second-order valence-corrected chi connectivity index (χ2v) is 7.01. The molecule has 0 heterocycles. The summed E-state index contributed by atoms with van der Waals surface area (Å²) in [4.78, 5) is 11.2. The molecule has 2 fully saturated rings. The van der Waals surface area contributed by atoms with Crippen LogP contribution in [0.3, 0.4) is 0 Å². The average Bonchev–Trinajstić information content (AvgIpc) is 3.08. The molecule has 1 amide bonds. The fourth-order valence-corrected chi connectivity index (χ4v) is 4.38. The Bertz CT molecular complexity index is 540. The Morgan fingerprint density at radius 1 is 1.38 bits per heavy atom. The molecule has 0 radical (unpaired) electrons. The van der Waals surface area contributed by atoms with Crippen LogP contribution < -0.4 is 11.1 Å². The predicted molar refractivity (Wildman–Crippen MR) is 84.9 cm³/mol. The lowest BCUT2D eigenvalue weighted by molar-refractivity contribution is 0.1000. The van der Waals surface area contributed by atoms with Crippen molar-refractivity contribution in [2.45, 2.75) is 52.1 Å². The highest BCUT2D eigenvalue weighted by Crippen LogP contribution is 2.49. The van der Waals surface area contributed by atoms with Crippen molar-refractivity contribution < 1.29 is 4.79 Å². The maximum Gasteiger partial charge on any atom is 0.248 e. The highest BCUT2D eigenvalue weighted by atomic mass is 16.1. The number of benzene rings is 1. The predicted octanol–water partition coefficient (Wildman–Crippen LogP) is 3.01. The van der Waals surface area contributed by atoms with Gasteiger partial charge in [-0.1, -0.05) is 12.5 Å². The van der Waals surface area contributed by atoms with Gasteiger partial charge in [0.25, 0.3) is 0 Å². The minimum absolute atomic E-state index is 0.354. The lowest BCUT2D eigenvalue weighted by Crippen LogP contribution is -2.36. The number of nitrogens with one attached hydrogen (secondary N) is 1. The first kappa shape index (κ1) is 14.6. The van der Waals surface area contributed by atoms with Crippen LogP contribution in [0.25, 0.3) is 0 Å². The first-order valence-electron chi connectivity index (χ1n) is 8.17. The van der Waals surface area contributed by atoms with Gasteiger partial charge >= 0.3 is 0 Å². The van der Waals surface area contributed by atoms with Crippen LogP contribution in [-0.2, 0) is 6.54 Å². The van der Waals surface area contributed by atoms with E-state index in [2.05, 4.69) is 12.2 Å². The van der Waals surface area contributed by atoms with Crippen LogP contribution in [0, 0.1) is 24.7 Å². The van der Waals surface area contributed by atoms with Crippen molar-refractivity contribution in [2.75, 3.05) is 0 Å². The second kappa shape index (κ2) is 5.80. The van der Waals surface area contributed by atoms with Crippen LogP contribution in [0.15, 0.2) is 18.2 Å². The van der Waals surface area contributed by atoms with Crippen molar-refractivity contribution in [3.8, 4) is 0 Å². The van der Waals surface area contributed by atoms with Crippen molar-refractivity contribution in [1.29, 1.82) is 0 Å². The van der Waals surface area contributed by atoms with Crippen LogP contribution in [0.1, 0.15) is 54.1 Å². The second-order valence-electron chi connectivity index (χ2n) is 7.01. The molecule has 3 heteroatoms. The maximum absolute atomic E-state index is 11.2. The summed E-state index contributed by atoms with van der Waals surface area (Å²) >= 11 is 0. The first-order chi connectivity index (χ1) is 10.0. The Morgan fingerprint density at radius 3 is 2.76 bits per heavy atom. The van der Waals surface area contributed by atoms with Gasteiger partial charge in [-0.05, 0) is 74.1 Å². The lowest BCUT2D eigenvalue weighted by atomic mass is 9.84. The van der Waals surface area contributed by atoms with E-state index in [-0.39, 0.29) is 5.91 Å². The van der Waals surface area contributed by atoms with E-state index >= 15 is 0 Å². The molecule has 3 nitrogen and oxygen atoms in total. The van der Waals surface area contributed by atoms with Gasteiger partial charge in [0.05, 0.1) is 0 Å². The normalized spacial score (nSPS) is 28.8. The van der Waals surface area contributed by atoms with E-state index in [9.17, 15) is 4.79 Å². The van der Waals surface area contributed by atoms with Crippen molar-refractivity contribution in [3.63, 3.8) is 0 Å². The summed E-state index contributed by atoms with van der Waals surface area (Å²) in [5, 5.41) is 3.70. The Morgan fingerprint density at radius 2 is 2.19 bits per heavy atom. The fourth-order valence-electron chi connectivity index (χ4n) is 4.38. The highest BCUT2D eigenvalue weighted by molar-refractivity contribution is 5.93. The minimum Gasteiger partial charge on any atom is -0.366 e. The molecule has 0 spiro atoms. The molecular formula is C18H26N2O. The van der Waals surface area contributed by atoms with E-state index < -0.39 is 0 Å². The molecule has 0 aliphatic heterocycles. The number of nitrogens with two attached hydrogens (primary N) is 1. The van der Waals surface area contributed by atoms with Crippen LogP contribution >= 0.6 is 0 Å². The van der Waals surface area contributed by atoms with Gasteiger partial charge in [-0.15, -0.1) is 0 Å². The number of rotatable bonds is 5. The molecule has 1 aromatic carbocycles. The van der Waals surface area contributed by atoms with Gasteiger partial charge in [0.1, 0.15) is 0 Å². The number of aryl methyl sites for hydroxylation is 1. The molecule has 2 aliphatic rings. The molecule has 114 valence electrons. The number of carbonyl (C=O) groups is 1. The molecule has 2 saturated carbocycles. The van der Waals surface area contributed by atoms with E-state index in [0.29, 0.717) is 11.6 Å². The van der Waals surface area contributed by atoms with Gasteiger partial charge in [-0.3, -0.25) is 4.79 Å². The zero-order chi connectivity index (χ0) is 15.0. The molecule has 3 rings (SSSR count). The summed E-state index contributed by atoms with van der Waals surface area (Å²) in [5.41, 5.74) is 8.31. The van der Waals surface area contributed by atoms with E-state index in [1.807, 2.05) is 25.1 Å². The number of hydrogen-bond acceptors (Lipinski definition) is 2. The third kappa shape index (κ3) is 2.98. The molecule has 2 bridgehead atoms. The van der Waals surface area contributed by atoms with E-state index in [1.165, 1.54) is 31.2 Å². The summed E-state index contributed by atoms with van der Waals surface area (Å²) in [6.07, 6.45) is 5.77. The van der Waals surface area contributed by atoms with E-state index in [1.54, 1.807) is 0 Å². The molecule has 4 unspecified atom stereocenters. The van der Waals surface area contributed by atoms with Crippen LogP contribution in [0.2, 0.25) is 0 Å². The number of hydrogen-bond donors (Lipinski definition) is 2. The molecule has 21 heavy (non-hydrogen) atoms. The Labute approximate surface area is 127 Å². The number of carbonyl (C=O) groups excluding carboxylic acids is 1. The molecule has 0 saturated heterocycles. The quantitative estimate of drug-likeness (QED) is 0.874. The highest BCUT2D eigenvalue weighted by Gasteiger charge is 2.41. The van der Waals surface area contributed by atoms with E-state index in [4.69, 9.17) is 5.73 Å².